The molecule has 7 nitrogen and oxygen atoms in total. The third kappa shape index (κ3) is 2.73. The average molecular weight is 411 g/mol. The van der Waals surface area contributed by atoms with Gasteiger partial charge in [-0.05, 0) is 48.6 Å². The van der Waals surface area contributed by atoms with Crippen molar-refractivity contribution in [2.24, 2.45) is 28.8 Å². The molecule has 2 aromatic rings. The Bertz CT molecular complexity index is 1090. The summed E-state index contributed by atoms with van der Waals surface area (Å²) in [6, 6.07) is 7.83. The summed E-state index contributed by atoms with van der Waals surface area (Å²) in [6.07, 6.45) is 6.25. The number of amides is 2. The number of fused-ring (bicyclic) bond motifs is 5. The SMILES string of the molecule is O=C(O)c1cc(-c2ccc(C=NN3C(=O)[C@@H]4[C@H](C3=O)[C@H]3C=C[C@H]4C3)o2)ccc1Cl. The highest BCUT2D eigenvalue weighted by Crippen LogP contribution is 2.52. The number of benzene rings is 1. The summed E-state index contributed by atoms with van der Waals surface area (Å²) in [5, 5.41) is 14.4. The molecule has 146 valence electrons. The van der Waals surface area contributed by atoms with Crippen LogP contribution in [-0.2, 0) is 9.59 Å². The van der Waals surface area contributed by atoms with Gasteiger partial charge in [-0.3, -0.25) is 9.59 Å². The number of carbonyl (C=O) groups is 3. The highest BCUT2D eigenvalue weighted by molar-refractivity contribution is 6.33. The van der Waals surface area contributed by atoms with E-state index in [9.17, 15) is 19.5 Å². The van der Waals surface area contributed by atoms with Crippen molar-refractivity contribution in [1.29, 1.82) is 0 Å². The molecule has 1 aliphatic heterocycles. The van der Waals surface area contributed by atoms with Gasteiger partial charge in [-0.25, -0.2) is 4.79 Å². The van der Waals surface area contributed by atoms with Crippen molar-refractivity contribution in [3.63, 3.8) is 0 Å². The Balaban J connectivity index is 1.37. The van der Waals surface area contributed by atoms with E-state index in [0.29, 0.717) is 17.1 Å². The van der Waals surface area contributed by atoms with E-state index < -0.39 is 5.97 Å². The van der Waals surface area contributed by atoms with Crippen LogP contribution in [0.1, 0.15) is 22.5 Å². The van der Waals surface area contributed by atoms with Gasteiger partial charge in [0.05, 0.1) is 28.6 Å². The summed E-state index contributed by atoms with van der Waals surface area (Å²) < 4.78 is 5.68. The second-order valence-electron chi connectivity index (χ2n) is 7.43. The number of halogens is 1. The first-order valence-corrected chi connectivity index (χ1v) is 9.55. The van der Waals surface area contributed by atoms with E-state index >= 15 is 0 Å². The number of nitrogens with zero attached hydrogens (tertiary/aromatic N) is 2. The lowest BCUT2D eigenvalue weighted by atomic mass is 9.85. The number of furan rings is 1. The summed E-state index contributed by atoms with van der Waals surface area (Å²) >= 11 is 5.89. The minimum atomic E-state index is -1.13. The molecular weight excluding hydrogens is 396 g/mol. The molecule has 29 heavy (non-hydrogen) atoms. The van der Waals surface area contributed by atoms with Gasteiger partial charge in [0.25, 0.3) is 11.8 Å². The van der Waals surface area contributed by atoms with E-state index in [0.717, 1.165) is 11.4 Å². The first kappa shape index (κ1) is 17.9. The molecule has 5 rings (SSSR count). The van der Waals surface area contributed by atoms with E-state index in [1.807, 2.05) is 12.2 Å². The predicted molar refractivity (Wildman–Crippen MR) is 103 cm³/mol. The highest BCUT2D eigenvalue weighted by Gasteiger charge is 2.59. The normalized spacial score (nSPS) is 27.4. The first-order valence-electron chi connectivity index (χ1n) is 9.17. The van der Waals surface area contributed by atoms with Crippen LogP contribution in [0, 0.1) is 23.7 Å². The number of carboxylic acids is 1. The number of imide groups is 1. The molecule has 2 aliphatic carbocycles. The maximum Gasteiger partial charge on any atom is 0.337 e. The third-order valence-corrected chi connectivity index (χ3v) is 6.19. The van der Waals surface area contributed by atoms with Crippen LogP contribution in [-0.4, -0.2) is 34.1 Å². The average Bonchev–Trinajstić information content (AvgIpc) is 3.46. The molecule has 2 fully saturated rings. The molecule has 3 aliphatic rings. The van der Waals surface area contributed by atoms with Gasteiger partial charge in [0.1, 0.15) is 11.5 Å². The molecule has 4 atom stereocenters. The smallest absolute Gasteiger partial charge is 0.337 e. The highest BCUT2D eigenvalue weighted by atomic mass is 35.5. The van der Waals surface area contributed by atoms with E-state index in [1.54, 1.807) is 18.2 Å². The van der Waals surface area contributed by atoms with Crippen molar-refractivity contribution in [1.82, 2.24) is 5.01 Å². The predicted octanol–water partition coefficient (Wildman–Crippen LogP) is 3.44. The third-order valence-electron chi connectivity index (χ3n) is 5.86. The van der Waals surface area contributed by atoms with Crippen LogP contribution >= 0.6 is 11.6 Å². The monoisotopic (exact) mass is 410 g/mol. The standard InChI is InChI=1S/C21H15ClN2O5/c22-15-5-3-10(8-14(15)21(27)28)16-6-4-13(29-16)9-23-24-19(25)17-11-1-2-12(7-11)18(17)20(24)26/h1-6,8-9,11-12,17-18H,7H2,(H,27,28)/t11-,12-,17-,18+/m0/s1. The number of carbonyl (C=O) groups excluding carboxylic acids is 2. The fourth-order valence-electron chi connectivity index (χ4n) is 4.53. The van der Waals surface area contributed by atoms with Gasteiger partial charge < -0.3 is 9.52 Å². The molecule has 0 unspecified atom stereocenters. The Morgan fingerprint density at radius 1 is 1.14 bits per heavy atom. The van der Waals surface area contributed by atoms with Crippen molar-refractivity contribution >= 4 is 35.6 Å². The van der Waals surface area contributed by atoms with Gasteiger partial charge in [0, 0.05) is 5.56 Å². The van der Waals surface area contributed by atoms with Crippen molar-refractivity contribution in [3.8, 4) is 11.3 Å². The molecular formula is C21H15ClN2O5. The number of rotatable bonds is 4. The molecule has 2 amide bonds. The molecule has 1 saturated heterocycles. The van der Waals surface area contributed by atoms with E-state index in [1.165, 1.54) is 18.3 Å². The van der Waals surface area contributed by atoms with Gasteiger partial charge in [0.2, 0.25) is 0 Å². The van der Waals surface area contributed by atoms with E-state index in [4.69, 9.17) is 16.0 Å². The van der Waals surface area contributed by atoms with Crippen LogP contribution in [0.5, 0.6) is 0 Å². The molecule has 2 bridgehead atoms. The zero-order chi connectivity index (χ0) is 20.3. The number of aromatic carboxylic acids is 1. The van der Waals surface area contributed by atoms with Gasteiger partial charge in [-0.2, -0.15) is 10.1 Å². The Morgan fingerprint density at radius 3 is 2.48 bits per heavy atom. The molecule has 0 radical (unpaired) electrons. The molecule has 8 heteroatoms. The van der Waals surface area contributed by atoms with Gasteiger partial charge >= 0.3 is 5.97 Å². The summed E-state index contributed by atoms with van der Waals surface area (Å²) in [5.41, 5.74) is 0.510. The lowest BCUT2D eigenvalue weighted by Crippen LogP contribution is -2.28. The molecule has 1 N–H and O–H groups in total. The molecule has 1 aromatic carbocycles. The topological polar surface area (TPSA) is 100 Å². The summed E-state index contributed by atoms with van der Waals surface area (Å²) in [7, 11) is 0. The molecule has 1 aromatic heterocycles. The van der Waals surface area contributed by atoms with Crippen molar-refractivity contribution in [2.45, 2.75) is 6.42 Å². The van der Waals surface area contributed by atoms with E-state index in [-0.39, 0.29) is 46.1 Å². The summed E-state index contributed by atoms with van der Waals surface area (Å²) in [5.74, 6) is -1.24. The van der Waals surface area contributed by atoms with Gasteiger partial charge in [-0.1, -0.05) is 23.8 Å². The van der Waals surface area contributed by atoms with Crippen molar-refractivity contribution < 1.29 is 23.9 Å². The number of hydrazone groups is 1. The second kappa shape index (κ2) is 6.42. The van der Waals surface area contributed by atoms with Crippen molar-refractivity contribution in [2.75, 3.05) is 0 Å². The zero-order valence-corrected chi connectivity index (χ0v) is 15.7. The minimum Gasteiger partial charge on any atom is -0.478 e. The largest absolute Gasteiger partial charge is 0.478 e. The minimum absolute atomic E-state index is 0.0289. The van der Waals surface area contributed by atoms with Crippen LogP contribution in [0.3, 0.4) is 0 Å². The molecule has 1 saturated carbocycles. The Kier molecular flexibility index (Phi) is 3.96. The fourth-order valence-corrected chi connectivity index (χ4v) is 4.73. The van der Waals surface area contributed by atoms with Gasteiger partial charge in [-0.15, -0.1) is 0 Å². The molecule has 0 spiro atoms. The van der Waals surface area contributed by atoms with Crippen LogP contribution in [0.4, 0.5) is 0 Å². The summed E-state index contributed by atoms with van der Waals surface area (Å²) in [4.78, 5) is 36.5. The van der Waals surface area contributed by atoms with Crippen LogP contribution in [0.15, 0.2) is 52.0 Å². The quantitative estimate of drug-likeness (QED) is 0.472. The Labute approximate surface area is 170 Å². The number of allylic oxidation sites excluding steroid dienone is 2. The maximum absolute atomic E-state index is 12.6. The molecule has 2 heterocycles. The number of hydrogen-bond donors (Lipinski definition) is 1. The fraction of sp³-hybridized carbons (Fsp3) is 0.238. The zero-order valence-electron chi connectivity index (χ0n) is 15.0. The Morgan fingerprint density at radius 2 is 1.83 bits per heavy atom. The summed E-state index contributed by atoms with van der Waals surface area (Å²) in [6.45, 7) is 0. The maximum atomic E-state index is 12.6. The second-order valence-corrected chi connectivity index (χ2v) is 7.84. The number of hydrogen-bond acceptors (Lipinski definition) is 5. The lowest BCUT2D eigenvalue weighted by molar-refractivity contribution is -0.140. The van der Waals surface area contributed by atoms with Crippen LogP contribution in [0.25, 0.3) is 11.3 Å². The van der Waals surface area contributed by atoms with Gasteiger partial charge in [0.15, 0.2) is 0 Å². The first-order chi connectivity index (χ1) is 13.9. The van der Waals surface area contributed by atoms with E-state index in [2.05, 4.69) is 5.10 Å². The van der Waals surface area contributed by atoms with Crippen molar-refractivity contribution in [3.05, 3.63) is 58.8 Å². The van der Waals surface area contributed by atoms with Crippen LogP contribution in [0.2, 0.25) is 5.02 Å². The Hall–Kier alpha value is -3.19. The number of carboxylic acid groups (broad SMARTS) is 1. The lowest BCUT2D eigenvalue weighted by Gasteiger charge is -2.13. The van der Waals surface area contributed by atoms with Crippen LogP contribution < -0.4 is 0 Å².